The number of H-pyrrole nitrogens is 2. The van der Waals surface area contributed by atoms with E-state index in [1.54, 1.807) is 22.2 Å². The van der Waals surface area contributed by atoms with E-state index >= 15 is 0 Å². The highest BCUT2D eigenvalue weighted by Gasteiger charge is 2.29. The number of aromatic amines is 2. The predicted molar refractivity (Wildman–Crippen MR) is 207 cm³/mol. The van der Waals surface area contributed by atoms with Crippen molar-refractivity contribution in [2.75, 3.05) is 69.8 Å². The van der Waals surface area contributed by atoms with E-state index in [2.05, 4.69) is 59.0 Å². The Morgan fingerprint density at radius 2 is 1.39 bits per heavy atom. The lowest BCUT2D eigenvalue weighted by Crippen LogP contribution is -2.51. The van der Waals surface area contributed by atoms with Gasteiger partial charge >= 0.3 is 12.2 Å². The van der Waals surface area contributed by atoms with Gasteiger partial charge in [-0.3, -0.25) is 9.59 Å². The van der Waals surface area contributed by atoms with Crippen LogP contribution >= 0.6 is 0 Å². The number of alkyl carbamates (subject to hydrolysis) is 2. The van der Waals surface area contributed by atoms with Crippen LogP contribution in [0, 0.1) is 5.92 Å². The summed E-state index contributed by atoms with van der Waals surface area (Å²) in [6.07, 6.45) is 6.83. The zero-order valence-electron chi connectivity index (χ0n) is 33.1. The first kappa shape index (κ1) is 43.1. The summed E-state index contributed by atoms with van der Waals surface area (Å²) in [6.45, 7) is 16.5. The van der Waals surface area contributed by atoms with Crippen molar-refractivity contribution in [3.05, 3.63) is 42.4 Å². The van der Waals surface area contributed by atoms with E-state index in [0.29, 0.717) is 31.3 Å². The molecular formula is C37H59N11O6. The Bertz CT molecular complexity index is 1600. The van der Waals surface area contributed by atoms with E-state index in [4.69, 9.17) is 9.72 Å². The molecule has 4 amide bonds. The number of rotatable bonds is 16. The number of hydrogen-bond acceptors (Lipinski definition) is 11. The molecule has 0 bridgehead atoms. The van der Waals surface area contributed by atoms with Crippen LogP contribution < -0.4 is 20.4 Å². The van der Waals surface area contributed by atoms with E-state index in [9.17, 15) is 19.2 Å². The first-order chi connectivity index (χ1) is 26.0. The Morgan fingerprint density at radius 3 is 1.98 bits per heavy atom. The Labute approximate surface area is 318 Å². The largest absolute Gasteiger partial charge is 0.453 e. The van der Waals surface area contributed by atoms with Crippen molar-refractivity contribution in [3.63, 3.8) is 0 Å². The zero-order chi connectivity index (χ0) is 39.6. The van der Waals surface area contributed by atoms with Crippen molar-refractivity contribution in [2.24, 2.45) is 5.92 Å². The second-order valence-electron chi connectivity index (χ2n) is 13.3. The van der Waals surface area contributed by atoms with Gasteiger partial charge in [0.1, 0.15) is 35.9 Å². The van der Waals surface area contributed by atoms with Crippen molar-refractivity contribution in [1.29, 1.82) is 0 Å². The van der Waals surface area contributed by atoms with E-state index in [-0.39, 0.29) is 30.8 Å². The van der Waals surface area contributed by atoms with Gasteiger partial charge in [0.05, 0.1) is 45.4 Å². The predicted octanol–water partition coefficient (Wildman–Crippen LogP) is 4.15. The number of imidazole rings is 2. The monoisotopic (exact) mass is 753 g/mol. The number of hydrogen-bond donors (Lipinski definition) is 4. The average Bonchev–Trinajstić information content (AvgIpc) is 3.85. The van der Waals surface area contributed by atoms with Crippen LogP contribution in [0.1, 0.15) is 72.5 Å². The van der Waals surface area contributed by atoms with Gasteiger partial charge in [-0.1, -0.05) is 48.0 Å². The molecule has 1 aliphatic heterocycles. The maximum atomic E-state index is 13.4. The van der Waals surface area contributed by atoms with E-state index in [1.807, 2.05) is 46.0 Å². The fourth-order valence-corrected chi connectivity index (χ4v) is 5.78. The molecule has 3 aromatic rings. The first-order valence-electron chi connectivity index (χ1n) is 18.7. The molecule has 0 saturated carbocycles. The average molecular weight is 754 g/mol. The van der Waals surface area contributed by atoms with Gasteiger partial charge in [-0.15, -0.1) is 0 Å². The maximum absolute atomic E-state index is 13.4. The highest BCUT2D eigenvalue weighted by atomic mass is 16.5. The van der Waals surface area contributed by atoms with Gasteiger partial charge in [0.15, 0.2) is 0 Å². The van der Waals surface area contributed by atoms with E-state index in [0.717, 1.165) is 61.9 Å². The number of ether oxygens (including phenoxy) is 2. The molecule has 0 spiro atoms. The number of nitrogens with zero attached hydrogens (tertiary/aromatic N) is 7. The van der Waals surface area contributed by atoms with Crippen LogP contribution in [0.4, 0.5) is 21.2 Å². The van der Waals surface area contributed by atoms with Crippen molar-refractivity contribution < 1.29 is 28.7 Å². The third kappa shape index (κ3) is 12.7. The second-order valence-corrected chi connectivity index (χ2v) is 13.3. The van der Waals surface area contributed by atoms with E-state index < -0.39 is 18.2 Å². The molecule has 0 aromatic carbocycles. The Kier molecular flexibility index (Phi) is 17.5. The highest BCUT2D eigenvalue weighted by molar-refractivity contribution is 5.86. The number of amides is 4. The minimum atomic E-state index is -0.711. The quantitative estimate of drug-likeness (QED) is 0.164. The number of piperazine rings is 1. The summed E-state index contributed by atoms with van der Waals surface area (Å²) < 4.78 is 9.28. The summed E-state index contributed by atoms with van der Waals surface area (Å²) in [5.74, 6) is 2.54. The van der Waals surface area contributed by atoms with Crippen LogP contribution in [-0.2, 0) is 32.2 Å². The van der Waals surface area contributed by atoms with Gasteiger partial charge in [-0.05, 0) is 30.9 Å². The topological polar surface area (TPSA) is 194 Å². The summed E-state index contributed by atoms with van der Waals surface area (Å²) in [6, 6.07) is 3.28. The molecule has 17 nitrogen and oxygen atoms in total. The minimum absolute atomic E-state index is 0.121. The molecular weight excluding hydrogens is 694 g/mol. The maximum Gasteiger partial charge on any atom is 0.407 e. The highest BCUT2D eigenvalue weighted by Crippen LogP contribution is 2.23. The van der Waals surface area contributed by atoms with Crippen LogP contribution in [0.2, 0.25) is 0 Å². The summed E-state index contributed by atoms with van der Waals surface area (Å²) in [5, 5.41) is 5.10. The van der Waals surface area contributed by atoms with Crippen molar-refractivity contribution in [3.8, 4) is 11.3 Å². The minimum Gasteiger partial charge on any atom is -0.453 e. The summed E-state index contributed by atoms with van der Waals surface area (Å²) >= 11 is 0. The number of carbonyl (C=O) groups excluding carboxylic acids is 4. The van der Waals surface area contributed by atoms with Crippen LogP contribution in [0.3, 0.4) is 0 Å². The summed E-state index contributed by atoms with van der Waals surface area (Å²) in [4.78, 5) is 77.6. The molecule has 1 aliphatic rings. The second kappa shape index (κ2) is 22.0. The Balaban J connectivity index is 0.00000253. The van der Waals surface area contributed by atoms with Crippen LogP contribution in [-0.4, -0.2) is 125 Å². The first-order valence-corrected chi connectivity index (χ1v) is 18.7. The van der Waals surface area contributed by atoms with Crippen molar-refractivity contribution >= 4 is 35.6 Å². The molecule has 298 valence electrons. The molecule has 1 unspecified atom stereocenters. The van der Waals surface area contributed by atoms with Gasteiger partial charge in [-0.25, -0.2) is 24.5 Å². The fourth-order valence-electron chi connectivity index (χ4n) is 5.78. The molecule has 4 heterocycles. The fraction of sp³-hybridized carbons (Fsp3) is 0.595. The van der Waals surface area contributed by atoms with Crippen LogP contribution in [0.25, 0.3) is 11.3 Å². The van der Waals surface area contributed by atoms with Gasteiger partial charge in [-0.2, -0.15) is 0 Å². The van der Waals surface area contributed by atoms with E-state index in [1.165, 1.54) is 20.6 Å². The molecule has 17 heteroatoms. The lowest BCUT2D eigenvalue weighted by Gasteiger charge is -2.35. The number of methoxy groups -OCH3 is 2. The Morgan fingerprint density at radius 1 is 0.796 bits per heavy atom. The SMILES string of the molecule is CCC.CCCN(Cc1ncc(N2CCN(c3ccc(-c4cnc(CN(CCC)C(=O)C(NC(=O)OC)C(C)C)[nH]4)cn3)CC2)[nH]1)C(=O)CNC(=O)OC. The Hall–Kier alpha value is -5.35. The van der Waals surface area contributed by atoms with Gasteiger partial charge < -0.3 is 49.7 Å². The number of nitrogens with one attached hydrogen (secondary N) is 4. The van der Waals surface area contributed by atoms with Gasteiger partial charge in [0.2, 0.25) is 11.8 Å². The molecule has 4 rings (SSSR count). The summed E-state index contributed by atoms with van der Waals surface area (Å²) in [5.41, 5.74) is 1.67. The molecule has 3 aromatic heterocycles. The lowest BCUT2D eigenvalue weighted by molar-refractivity contribution is -0.135. The molecule has 0 aliphatic carbocycles. The standard InChI is InChI=1S/C34H51N11O6.C3H8/c1-7-11-44(30(46)20-38-33(48)50-5)21-27-36-19-29(40-27)43-15-13-42(14-16-43)28-10-9-24(17-37-28)25-18-35-26(39-25)22-45(12-8-2)32(47)31(23(3)4)41-34(49)51-6;1-3-2/h9-10,17-19,23,31H,7-8,11-16,20-22H2,1-6H3,(H,35,39)(H,36,40)(H,38,48)(H,41,49);3H2,1-2H3. The molecule has 54 heavy (non-hydrogen) atoms. The van der Waals surface area contributed by atoms with Gasteiger partial charge in [0.25, 0.3) is 0 Å². The zero-order valence-corrected chi connectivity index (χ0v) is 33.1. The van der Waals surface area contributed by atoms with Crippen LogP contribution in [0.5, 0.6) is 0 Å². The molecule has 1 atom stereocenters. The molecule has 4 N–H and O–H groups in total. The number of carbonyl (C=O) groups is 4. The molecule has 0 radical (unpaired) electrons. The third-order valence-electron chi connectivity index (χ3n) is 8.54. The van der Waals surface area contributed by atoms with Crippen molar-refractivity contribution in [2.45, 2.75) is 79.9 Å². The third-order valence-corrected chi connectivity index (χ3v) is 8.54. The number of pyridine rings is 1. The van der Waals surface area contributed by atoms with Crippen LogP contribution in [0.15, 0.2) is 30.7 Å². The number of aromatic nitrogens is 5. The van der Waals surface area contributed by atoms with Gasteiger partial charge in [0, 0.05) is 51.0 Å². The normalized spacial score (nSPS) is 13.1. The smallest absolute Gasteiger partial charge is 0.407 e. The molecule has 1 saturated heterocycles. The number of anilines is 2. The molecule has 1 fully saturated rings. The summed E-state index contributed by atoms with van der Waals surface area (Å²) in [7, 11) is 2.53. The van der Waals surface area contributed by atoms with Crippen molar-refractivity contribution in [1.82, 2.24) is 45.4 Å². The lowest BCUT2D eigenvalue weighted by atomic mass is 10.0.